The van der Waals surface area contributed by atoms with Crippen molar-refractivity contribution in [2.75, 3.05) is 5.32 Å². The number of halogens is 1. The molecule has 0 aliphatic rings. The first-order valence-electron chi connectivity index (χ1n) is 5.58. The third kappa shape index (κ3) is 2.99. The molecule has 1 atom stereocenters. The van der Waals surface area contributed by atoms with Crippen LogP contribution >= 0.6 is 11.6 Å². The van der Waals surface area contributed by atoms with E-state index in [-0.39, 0.29) is 6.04 Å². The molecule has 1 heterocycles. The van der Waals surface area contributed by atoms with Gasteiger partial charge >= 0.3 is 0 Å². The average Bonchev–Trinajstić information content (AvgIpc) is 2.39. The van der Waals surface area contributed by atoms with Gasteiger partial charge in [0.1, 0.15) is 17.6 Å². The number of aromatic nitrogens is 1. The molecule has 3 nitrogen and oxygen atoms in total. The monoisotopic (exact) mass is 257 g/mol. The van der Waals surface area contributed by atoms with Crippen LogP contribution in [-0.2, 0) is 0 Å². The van der Waals surface area contributed by atoms with E-state index in [1.54, 1.807) is 12.1 Å². The van der Waals surface area contributed by atoms with Crippen molar-refractivity contribution in [1.29, 1.82) is 5.26 Å². The molecule has 18 heavy (non-hydrogen) atoms. The lowest BCUT2D eigenvalue weighted by atomic mass is 10.1. The topological polar surface area (TPSA) is 48.7 Å². The average molecular weight is 258 g/mol. The Morgan fingerprint density at radius 2 is 2.06 bits per heavy atom. The summed E-state index contributed by atoms with van der Waals surface area (Å²) in [6.07, 6.45) is 0. The first kappa shape index (κ1) is 12.4. The van der Waals surface area contributed by atoms with Gasteiger partial charge in [-0.25, -0.2) is 4.98 Å². The van der Waals surface area contributed by atoms with Gasteiger partial charge in [-0.05, 0) is 36.8 Å². The highest BCUT2D eigenvalue weighted by molar-refractivity contribution is 6.30. The number of pyridine rings is 1. The quantitative estimate of drug-likeness (QED) is 0.910. The molecule has 4 heteroatoms. The van der Waals surface area contributed by atoms with E-state index in [1.807, 2.05) is 43.3 Å². The highest BCUT2D eigenvalue weighted by Gasteiger charge is 2.06. The van der Waals surface area contributed by atoms with Crippen LogP contribution in [-0.4, -0.2) is 4.98 Å². The molecular weight excluding hydrogens is 246 g/mol. The predicted octanol–water partition coefficient (Wildman–Crippen LogP) is 3.78. The predicted molar refractivity (Wildman–Crippen MR) is 72.4 cm³/mol. The molecule has 0 bridgehead atoms. The summed E-state index contributed by atoms with van der Waals surface area (Å²) in [5.41, 5.74) is 1.48. The molecule has 2 rings (SSSR count). The van der Waals surface area contributed by atoms with Gasteiger partial charge < -0.3 is 5.32 Å². The normalized spacial score (nSPS) is 11.6. The molecule has 1 aromatic heterocycles. The lowest BCUT2D eigenvalue weighted by molar-refractivity contribution is 0.874. The second-order valence-corrected chi connectivity index (χ2v) is 4.38. The summed E-state index contributed by atoms with van der Waals surface area (Å²) < 4.78 is 0. The van der Waals surface area contributed by atoms with E-state index in [9.17, 15) is 0 Å². The minimum absolute atomic E-state index is 0.0742. The van der Waals surface area contributed by atoms with Crippen LogP contribution in [0.1, 0.15) is 24.2 Å². The van der Waals surface area contributed by atoms with Crippen LogP contribution in [0.15, 0.2) is 42.5 Å². The van der Waals surface area contributed by atoms with Gasteiger partial charge in [-0.15, -0.1) is 0 Å². The summed E-state index contributed by atoms with van der Waals surface area (Å²) in [5, 5.41) is 12.7. The maximum absolute atomic E-state index is 8.79. The van der Waals surface area contributed by atoms with E-state index in [0.29, 0.717) is 16.5 Å². The Morgan fingerprint density at radius 1 is 1.28 bits per heavy atom. The number of hydrogen-bond acceptors (Lipinski definition) is 3. The zero-order chi connectivity index (χ0) is 13.0. The fourth-order valence-corrected chi connectivity index (χ4v) is 1.86. The van der Waals surface area contributed by atoms with E-state index < -0.39 is 0 Å². The van der Waals surface area contributed by atoms with Crippen molar-refractivity contribution in [1.82, 2.24) is 4.98 Å². The Bertz CT molecular complexity index is 590. The second-order valence-electron chi connectivity index (χ2n) is 3.94. The zero-order valence-electron chi connectivity index (χ0n) is 9.89. The molecule has 0 aliphatic carbocycles. The molecule has 90 valence electrons. The molecule has 0 radical (unpaired) electrons. The van der Waals surface area contributed by atoms with Crippen LogP contribution in [0.4, 0.5) is 5.82 Å². The van der Waals surface area contributed by atoms with Crippen LogP contribution in [0, 0.1) is 11.3 Å². The first-order valence-corrected chi connectivity index (χ1v) is 5.96. The molecule has 0 spiro atoms. The molecule has 1 aromatic carbocycles. The lowest BCUT2D eigenvalue weighted by Gasteiger charge is -2.15. The molecule has 0 saturated carbocycles. The molecule has 0 fully saturated rings. The smallest absolute Gasteiger partial charge is 0.142 e. The Morgan fingerprint density at radius 3 is 2.78 bits per heavy atom. The molecule has 0 aliphatic heterocycles. The summed E-state index contributed by atoms with van der Waals surface area (Å²) in [6, 6.07) is 15.1. The molecule has 1 N–H and O–H groups in total. The molecule has 0 amide bonds. The maximum Gasteiger partial charge on any atom is 0.142 e. The third-order valence-electron chi connectivity index (χ3n) is 2.58. The van der Waals surface area contributed by atoms with Gasteiger partial charge in [0, 0.05) is 11.1 Å². The van der Waals surface area contributed by atoms with Crippen LogP contribution < -0.4 is 5.32 Å². The van der Waals surface area contributed by atoms with E-state index in [2.05, 4.69) is 10.3 Å². The van der Waals surface area contributed by atoms with Crippen molar-refractivity contribution in [2.24, 2.45) is 0 Å². The van der Waals surface area contributed by atoms with Crippen molar-refractivity contribution in [3.63, 3.8) is 0 Å². The number of rotatable bonds is 3. The summed E-state index contributed by atoms with van der Waals surface area (Å²) in [7, 11) is 0. The Hall–Kier alpha value is -2.05. The number of nitrogens with zero attached hydrogens (tertiary/aromatic N) is 2. The van der Waals surface area contributed by atoms with Gasteiger partial charge in [0.05, 0.1) is 0 Å². The van der Waals surface area contributed by atoms with Crippen LogP contribution in [0.5, 0.6) is 0 Å². The number of nitrogens with one attached hydrogen (secondary N) is 1. The fraction of sp³-hybridized carbons (Fsp3) is 0.143. The van der Waals surface area contributed by atoms with E-state index in [4.69, 9.17) is 16.9 Å². The van der Waals surface area contributed by atoms with Gasteiger partial charge in [-0.3, -0.25) is 0 Å². The van der Waals surface area contributed by atoms with Gasteiger partial charge in [-0.2, -0.15) is 5.26 Å². The summed E-state index contributed by atoms with van der Waals surface area (Å²) >= 11 is 5.95. The van der Waals surface area contributed by atoms with Gasteiger partial charge in [0.15, 0.2) is 0 Å². The minimum atomic E-state index is 0.0742. The van der Waals surface area contributed by atoms with Crippen molar-refractivity contribution in [3.8, 4) is 6.07 Å². The zero-order valence-corrected chi connectivity index (χ0v) is 10.6. The lowest BCUT2D eigenvalue weighted by Crippen LogP contribution is -2.08. The van der Waals surface area contributed by atoms with Crippen LogP contribution in [0.2, 0.25) is 5.02 Å². The van der Waals surface area contributed by atoms with E-state index in [0.717, 1.165) is 5.56 Å². The Labute approximate surface area is 111 Å². The summed E-state index contributed by atoms with van der Waals surface area (Å²) in [6.45, 7) is 2.02. The van der Waals surface area contributed by atoms with Crippen molar-refractivity contribution in [3.05, 3.63) is 58.7 Å². The number of anilines is 1. The molecular formula is C14H12ClN3. The highest BCUT2D eigenvalue weighted by atomic mass is 35.5. The largest absolute Gasteiger partial charge is 0.364 e. The van der Waals surface area contributed by atoms with Gasteiger partial charge in [0.25, 0.3) is 0 Å². The van der Waals surface area contributed by atoms with Crippen molar-refractivity contribution < 1.29 is 0 Å². The van der Waals surface area contributed by atoms with Gasteiger partial charge in [0.2, 0.25) is 0 Å². The molecule has 1 unspecified atom stereocenters. The third-order valence-corrected chi connectivity index (χ3v) is 2.81. The number of benzene rings is 1. The minimum Gasteiger partial charge on any atom is -0.364 e. The SMILES string of the molecule is CC(Nc1cccc(C#N)n1)c1cccc(Cl)c1. The van der Waals surface area contributed by atoms with Gasteiger partial charge in [-0.1, -0.05) is 29.8 Å². The molecule has 2 aromatic rings. The van der Waals surface area contributed by atoms with Crippen LogP contribution in [0.25, 0.3) is 0 Å². The van der Waals surface area contributed by atoms with Crippen LogP contribution in [0.3, 0.4) is 0 Å². The van der Waals surface area contributed by atoms with Crippen molar-refractivity contribution >= 4 is 17.4 Å². The first-order chi connectivity index (χ1) is 8.69. The number of nitriles is 1. The summed E-state index contributed by atoms with van der Waals surface area (Å²) in [5.74, 6) is 0.682. The second kappa shape index (κ2) is 5.52. The van der Waals surface area contributed by atoms with E-state index in [1.165, 1.54) is 0 Å². The standard InChI is InChI=1S/C14H12ClN3/c1-10(11-4-2-5-12(15)8-11)17-14-7-3-6-13(9-16)18-14/h2-8,10H,1H3,(H,17,18). The maximum atomic E-state index is 8.79. The number of hydrogen-bond donors (Lipinski definition) is 1. The Kier molecular flexibility index (Phi) is 3.81. The molecule has 0 saturated heterocycles. The highest BCUT2D eigenvalue weighted by Crippen LogP contribution is 2.20. The van der Waals surface area contributed by atoms with Crippen molar-refractivity contribution in [2.45, 2.75) is 13.0 Å². The summed E-state index contributed by atoms with van der Waals surface area (Å²) in [4.78, 5) is 4.17. The Balaban J connectivity index is 2.16. The van der Waals surface area contributed by atoms with E-state index >= 15 is 0 Å². The fourth-order valence-electron chi connectivity index (χ4n) is 1.66.